The molecule has 0 saturated carbocycles. The quantitative estimate of drug-likeness (QED) is 0.213. The highest BCUT2D eigenvalue weighted by Crippen LogP contribution is 2.39. The number of benzene rings is 3. The summed E-state index contributed by atoms with van der Waals surface area (Å²) in [6.45, 7) is 7.48. The van der Waals surface area contributed by atoms with Gasteiger partial charge in [-0.1, -0.05) is 41.9 Å². The number of carbonyl (C=O) groups is 5. The van der Waals surface area contributed by atoms with Crippen molar-refractivity contribution < 1.29 is 33.1 Å². The summed E-state index contributed by atoms with van der Waals surface area (Å²) in [6, 6.07) is 16.5. The van der Waals surface area contributed by atoms with Crippen molar-refractivity contribution in [1.82, 2.24) is 50.1 Å². The van der Waals surface area contributed by atoms with Crippen LogP contribution in [-0.2, 0) is 9.59 Å². The molecule has 2 N–H and O–H groups in total. The summed E-state index contributed by atoms with van der Waals surface area (Å²) >= 11 is 6.69. The third-order valence-corrected chi connectivity index (χ3v) is 16.1. The molecule has 0 aliphatic carbocycles. The number of anilines is 2. The van der Waals surface area contributed by atoms with Gasteiger partial charge in [-0.05, 0) is 62.4 Å². The number of amides is 6. The van der Waals surface area contributed by atoms with Gasteiger partial charge in [0.1, 0.15) is 29.7 Å². The zero-order valence-corrected chi connectivity index (χ0v) is 40.1. The molecule has 6 saturated heterocycles. The zero-order chi connectivity index (χ0) is 48.7. The summed E-state index contributed by atoms with van der Waals surface area (Å²) in [5.41, 5.74) is 2.16. The Morgan fingerprint density at radius 3 is 2.28 bits per heavy atom. The van der Waals surface area contributed by atoms with E-state index in [0.29, 0.717) is 79.7 Å². The zero-order valence-electron chi connectivity index (χ0n) is 39.4. The number of piperidine rings is 1. The fourth-order valence-corrected chi connectivity index (χ4v) is 12.2. The molecule has 3 unspecified atom stereocenters. The molecule has 20 heteroatoms. The molecule has 5 aromatic rings. The van der Waals surface area contributed by atoms with Gasteiger partial charge in [0.15, 0.2) is 5.82 Å². The van der Waals surface area contributed by atoms with Gasteiger partial charge in [-0.2, -0.15) is 9.97 Å². The number of urea groups is 1. The number of likely N-dealkylation sites (tertiary alicyclic amines) is 1. The Balaban J connectivity index is 0.672. The van der Waals surface area contributed by atoms with E-state index in [9.17, 15) is 24.0 Å². The number of likely N-dealkylation sites (N-methyl/N-ethyl adjacent to an activating group) is 1. The Labute approximate surface area is 414 Å². The monoisotopic (exact) mass is 984 g/mol. The van der Waals surface area contributed by atoms with Gasteiger partial charge < -0.3 is 29.7 Å². The van der Waals surface area contributed by atoms with Crippen molar-refractivity contribution in [2.45, 2.75) is 62.3 Å². The van der Waals surface area contributed by atoms with E-state index in [-0.39, 0.29) is 59.3 Å². The van der Waals surface area contributed by atoms with E-state index in [1.54, 1.807) is 30.5 Å². The maximum atomic E-state index is 17.0. The second-order valence-electron chi connectivity index (χ2n) is 19.9. The number of nitrogens with one attached hydrogen (secondary N) is 2. The van der Waals surface area contributed by atoms with Gasteiger partial charge in [-0.3, -0.25) is 44.2 Å². The standard InChI is InChI=1S/C51H54ClFN12O6/c1-59-27-33(61-16-20-63(21-17-61)51(70)62-18-14-60(15-19-62)32-10-11-35-37(23-32)49(69)65(48(35)68)40-12-13-41(66)56-47(40)67)22-34(59)28-71-50-57-45-38(46(58-50)64-25-30-8-9-31(26-64)55-30)24-54-44(43(45)53)36-6-2-4-29-5-3-7-39(52)42(29)36/h2-7,10-11,23-24,30-31,33-34,40,55H,8-9,12-22,25-28H2,1H3,(H,56,66,67)/t30?,31?,33-,34-,40?/m0/s1. The van der Waals surface area contributed by atoms with Crippen LogP contribution in [0, 0.1) is 5.82 Å². The van der Waals surface area contributed by atoms with Crippen molar-refractivity contribution in [1.29, 1.82) is 0 Å². The Morgan fingerprint density at radius 1 is 0.817 bits per heavy atom. The van der Waals surface area contributed by atoms with Crippen LogP contribution in [-0.4, -0.2) is 185 Å². The number of nitrogens with zero attached hydrogens (tertiary/aromatic N) is 10. The van der Waals surface area contributed by atoms with E-state index in [1.165, 1.54) is 0 Å². The predicted octanol–water partition coefficient (Wildman–Crippen LogP) is 3.99. The van der Waals surface area contributed by atoms with Gasteiger partial charge in [0, 0.05) is 130 Å². The number of pyridine rings is 1. The van der Waals surface area contributed by atoms with Crippen LogP contribution in [0.2, 0.25) is 5.02 Å². The van der Waals surface area contributed by atoms with Crippen LogP contribution in [0.5, 0.6) is 6.01 Å². The molecule has 6 fully saturated rings. The minimum absolute atomic E-state index is 0.0113. The van der Waals surface area contributed by atoms with E-state index in [2.05, 4.69) is 37.3 Å². The van der Waals surface area contributed by atoms with Crippen LogP contribution >= 0.6 is 11.6 Å². The van der Waals surface area contributed by atoms with Crippen molar-refractivity contribution in [2.24, 2.45) is 0 Å². The van der Waals surface area contributed by atoms with Crippen LogP contribution in [0.4, 0.5) is 20.7 Å². The molecule has 0 spiro atoms. The minimum Gasteiger partial charge on any atom is -0.462 e. The molecule has 3 aromatic carbocycles. The maximum Gasteiger partial charge on any atom is 0.320 e. The molecule has 2 bridgehead atoms. The minimum atomic E-state index is -1.02. The molecular weight excluding hydrogens is 931 g/mol. The van der Waals surface area contributed by atoms with E-state index in [1.807, 2.05) is 40.1 Å². The summed E-state index contributed by atoms with van der Waals surface area (Å²) in [5, 5.41) is 8.59. The summed E-state index contributed by atoms with van der Waals surface area (Å²) in [7, 11) is 2.10. The van der Waals surface area contributed by atoms with Crippen LogP contribution in [0.1, 0.15) is 52.8 Å². The smallest absolute Gasteiger partial charge is 0.320 e. The van der Waals surface area contributed by atoms with Gasteiger partial charge in [-0.15, -0.1) is 0 Å². The Hall–Kier alpha value is -6.54. The average molecular weight is 986 g/mol. The molecule has 368 valence electrons. The van der Waals surface area contributed by atoms with Crippen LogP contribution < -0.4 is 25.2 Å². The van der Waals surface area contributed by atoms with Crippen molar-refractivity contribution in [3.63, 3.8) is 0 Å². The lowest BCUT2D eigenvalue weighted by Gasteiger charge is -2.42. The van der Waals surface area contributed by atoms with E-state index >= 15 is 4.39 Å². The maximum absolute atomic E-state index is 17.0. The number of halogens is 2. The first-order valence-electron chi connectivity index (χ1n) is 24.7. The Bertz CT molecular complexity index is 3000. The van der Waals surface area contributed by atoms with Crippen molar-refractivity contribution in [3.8, 4) is 17.3 Å². The number of rotatable bonds is 8. The lowest BCUT2D eigenvalue weighted by Crippen LogP contribution is -2.58. The first-order chi connectivity index (χ1) is 34.4. The van der Waals surface area contributed by atoms with Gasteiger partial charge in [0.2, 0.25) is 11.8 Å². The highest BCUT2D eigenvalue weighted by Gasteiger charge is 2.45. The topological polar surface area (TPSA) is 180 Å². The molecule has 6 amide bonds. The highest BCUT2D eigenvalue weighted by molar-refractivity contribution is 6.36. The summed E-state index contributed by atoms with van der Waals surface area (Å²) in [4.78, 5) is 93.0. The number of carbonyl (C=O) groups excluding carboxylic acids is 5. The summed E-state index contributed by atoms with van der Waals surface area (Å²) in [6.07, 6.45) is 4.86. The number of ether oxygens (including phenoxy) is 1. The van der Waals surface area contributed by atoms with Crippen molar-refractivity contribution in [3.05, 3.63) is 82.8 Å². The van der Waals surface area contributed by atoms with E-state index < -0.39 is 35.5 Å². The lowest BCUT2D eigenvalue weighted by atomic mass is 10.0. The van der Waals surface area contributed by atoms with Gasteiger partial charge in [-0.25, -0.2) is 9.18 Å². The second kappa shape index (κ2) is 18.3. The van der Waals surface area contributed by atoms with Gasteiger partial charge in [0.05, 0.1) is 16.5 Å². The predicted molar refractivity (Wildman–Crippen MR) is 263 cm³/mol. The number of hydrogen-bond acceptors (Lipinski definition) is 14. The molecule has 7 aliphatic rings. The average Bonchev–Trinajstić information content (AvgIpc) is 4.02. The van der Waals surface area contributed by atoms with Crippen LogP contribution in [0.25, 0.3) is 32.9 Å². The molecule has 18 nitrogen and oxygen atoms in total. The second-order valence-corrected chi connectivity index (χ2v) is 20.4. The fraction of sp³-hybridized carbons (Fsp3) is 0.451. The Morgan fingerprint density at radius 2 is 1.54 bits per heavy atom. The van der Waals surface area contributed by atoms with Gasteiger partial charge in [0.25, 0.3) is 11.8 Å². The van der Waals surface area contributed by atoms with E-state index in [4.69, 9.17) is 31.3 Å². The van der Waals surface area contributed by atoms with E-state index in [0.717, 1.165) is 73.3 Å². The first-order valence-corrected chi connectivity index (χ1v) is 25.1. The summed E-state index contributed by atoms with van der Waals surface area (Å²) in [5.74, 6) is -2.06. The number of aromatic nitrogens is 3. The number of fused-ring (bicyclic) bond motifs is 5. The van der Waals surface area contributed by atoms with Crippen LogP contribution in [0.3, 0.4) is 0 Å². The molecule has 12 rings (SSSR count). The lowest BCUT2D eigenvalue weighted by molar-refractivity contribution is -0.136. The third-order valence-electron chi connectivity index (χ3n) is 15.8. The normalized spacial score (nSPS) is 25.2. The largest absolute Gasteiger partial charge is 0.462 e. The Kier molecular flexibility index (Phi) is 11.7. The fourth-order valence-electron chi connectivity index (χ4n) is 11.9. The van der Waals surface area contributed by atoms with Crippen molar-refractivity contribution in [2.75, 3.05) is 95.4 Å². The molecule has 5 atom stereocenters. The first kappa shape index (κ1) is 45.6. The highest BCUT2D eigenvalue weighted by atomic mass is 35.5. The number of hydrogen-bond donors (Lipinski definition) is 2. The van der Waals surface area contributed by atoms with Crippen LogP contribution in [0.15, 0.2) is 60.8 Å². The van der Waals surface area contributed by atoms with Gasteiger partial charge >= 0.3 is 12.0 Å². The summed E-state index contributed by atoms with van der Waals surface area (Å²) < 4.78 is 23.5. The molecule has 2 aromatic heterocycles. The molecule has 7 aliphatic heterocycles. The molecule has 9 heterocycles. The molecular formula is C51H54ClFN12O6. The molecule has 71 heavy (non-hydrogen) atoms. The number of piperazine rings is 3. The molecule has 0 radical (unpaired) electrons. The van der Waals surface area contributed by atoms with Crippen molar-refractivity contribution >= 4 is 74.4 Å². The third kappa shape index (κ3) is 8.25. The number of imide groups is 2. The SMILES string of the molecule is CN1C[C@@H](N2CCN(C(=O)N3CCN(c4ccc5c(c4)C(=O)N(C4CCC(=O)NC4=O)C5=O)CC3)CC2)C[C@H]1COc1nc(N2CC3CCC(C2)N3)c2cnc(-c3cccc4cccc(Cl)c34)c(F)c2n1.